The van der Waals surface area contributed by atoms with Crippen LogP contribution in [0.25, 0.3) is 0 Å². The van der Waals surface area contributed by atoms with Gasteiger partial charge < -0.3 is 34.8 Å². The standard InChI is InChI=1S/C25H42BN3O6/c1-15(2)5-10-19-24(3,35-19)22-21(32-4)18(11-12-25(22)14-33-25)34-23(31)29-17-8-6-16(7-9-17)28-20(30)13-27-26/h5,16-19,21-22,27H,6-14,26H2,1-4H3,(H,28,30)(H,29,31)/t16-,17-,18?,19-,21?,22?,24?,25+/m1/s1. The molecular weight excluding hydrogens is 449 g/mol. The van der Waals surface area contributed by atoms with Gasteiger partial charge in [-0.05, 0) is 65.7 Å². The van der Waals surface area contributed by atoms with Crippen LogP contribution in [0, 0.1) is 5.92 Å². The number of hydrogen-bond donors (Lipinski definition) is 3. The van der Waals surface area contributed by atoms with Gasteiger partial charge in [0.15, 0.2) is 7.98 Å². The van der Waals surface area contributed by atoms with Crippen LogP contribution in [0.3, 0.4) is 0 Å². The summed E-state index contributed by atoms with van der Waals surface area (Å²) in [4.78, 5) is 24.6. The second kappa shape index (κ2) is 10.8. The molecule has 1 spiro atoms. The average Bonchev–Trinajstić information content (AvgIpc) is 3.72. The summed E-state index contributed by atoms with van der Waals surface area (Å²) < 4.78 is 24.1. The highest BCUT2D eigenvalue weighted by Gasteiger charge is 2.72. The zero-order valence-corrected chi connectivity index (χ0v) is 21.9. The molecule has 4 aliphatic rings. The zero-order chi connectivity index (χ0) is 25.2. The predicted octanol–water partition coefficient (Wildman–Crippen LogP) is 1.35. The SMILES string of the molecule is BNCC(=O)N[C@H]1CC[C@H](NC(=O)OC2CC[C@]3(CO3)C(C3(C)O[C@@H]3CC=C(C)C)C2OC)CC1. The Bertz CT molecular complexity index is 809. The summed E-state index contributed by atoms with van der Waals surface area (Å²) in [5.41, 5.74) is 0.693. The maximum Gasteiger partial charge on any atom is 0.407 e. The van der Waals surface area contributed by atoms with E-state index in [4.69, 9.17) is 18.9 Å². The second-order valence-corrected chi connectivity index (χ2v) is 11.1. The molecule has 4 unspecified atom stereocenters. The molecule has 4 rings (SSSR count). The molecule has 0 bridgehead atoms. The van der Waals surface area contributed by atoms with Gasteiger partial charge in [0.2, 0.25) is 5.91 Å². The number of methoxy groups -OCH3 is 1. The van der Waals surface area contributed by atoms with Crippen molar-refractivity contribution < 1.29 is 28.5 Å². The van der Waals surface area contributed by atoms with E-state index < -0.39 is 6.09 Å². The Labute approximate surface area is 209 Å². The highest BCUT2D eigenvalue weighted by Crippen LogP contribution is 2.59. The van der Waals surface area contributed by atoms with Gasteiger partial charge in [0, 0.05) is 19.2 Å². The fourth-order valence-electron chi connectivity index (χ4n) is 6.23. The van der Waals surface area contributed by atoms with Gasteiger partial charge in [0.25, 0.3) is 0 Å². The third-order valence-corrected chi connectivity index (χ3v) is 8.25. The summed E-state index contributed by atoms with van der Waals surface area (Å²) in [6.07, 6.45) is 7.04. The van der Waals surface area contributed by atoms with Gasteiger partial charge in [0.1, 0.15) is 23.4 Å². The topological polar surface area (TPSA) is 114 Å². The first-order chi connectivity index (χ1) is 16.7. The minimum atomic E-state index is -0.394. The van der Waals surface area contributed by atoms with Crippen molar-refractivity contribution in [1.82, 2.24) is 15.9 Å². The number of alkyl carbamates (subject to hydrolysis) is 1. The molecule has 0 radical (unpaired) electrons. The van der Waals surface area contributed by atoms with Crippen LogP contribution in [0.15, 0.2) is 11.6 Å². The molecule has 2 amide bonds. The molecule has 2 aliphatic heterocycles. The quantitative estimate of drug-likeness (QED) is 0.254. The Morgan fingerprint density at radius 1 is 1.11 bits per heavy atom. The van der Waals surface area contributed by atoms with Crippen LogP contribution in [0.5, 0.6) is 0 Å². The average molecular weight is 491 g/mol. The van der Waals surface area contributed by atoms with Gasteiger partial charge in [-0.15, -0.1) is 0 Å². The Hall–Kier alpha value is -1.62. The summed E-state index contributed by atoms with van der Waals surface area (Å²) in [6, 6.07) is 0.214. The number of rotatable bonds is 9. The van der Waals surface area contributed by atoms with E-state index in [2.05, 4.69) is 42.7 Å². The molecule has 35 heavy (non-hydrogen) atoms. The van der Waals surface area contributed by atoms with E-state index in [0.29, 0.717) is 19.6 Å². The van der Waals surface area contributed by atoms with Crippen LogP contribution in [0.1, 0.15) is 65.7 Å². The Kier molecular flexibility index (Phi) is 8.15. The van der Waals surface area contributed by atoms with Crippen LogP contribution in [-0.4, -0.2) is 81.8 Å². The Morgan fingerprint density at radius 3 is 2.34 bits per heavy atom. The van der Waals surface area contributed by atoms with Gasteiger partial charge in [-0.2, -0.15) is 0 Å². The van der Waals surface area contributed by atoms with E-state index in [1.165, 1.54) is 5.57 Å². The summed E-state index contributed by atoms with van der Waals surface area (Å²) in [5.74, 6) is 0.0217. The van der Waals surface area contributed by atoms with Crippen molar-refractivity contribution in [3.63, 3.8) is 0 Å². The minimum absolute atomic E-state index is 0.00891. The molecule has 2 saturated heterocycles. The highest BCUT2D eigenvalue weighted by molar-refractivity contribution is 6.06. The normalized spacial score (nSPS) is 40.0. The molecule has 2 heterocycles. The zero-order valence-electron chi connectivity index (χ0n) is 21.9. The highest BCUT2D eigenvalue weighted by atomic mass is 16.6. The molecule has 10 heteroatoms. The van der Waals surface area contributed by atoms with Crippen LogP contribution in [0.4, 0.5) is 4.79 Å². The lowest BCUT2D eigenvalue weighted by molar-refractivity contribution is -0.120. The van der Waals surface area contributed by atoms with Crippen molar-refractivity contribution in [2.24, 2.45) is 5.92 Å². The number of hydrogen-bond acceptors (Lipinski definition) is 7. The number of ether oxygens (including phenoxy) is 4. The molecule has 2 aliphatic carbocycles. The van der Waals surface area contributed by atoms with Crippen molar-refractivity contribution >= 4 is 20.0 Å². The van der Waals surface area contributed by atoms with E-state index in [1.807, 2.05) is 0 Å². The van der Waals surface area contributed by atoms with E-state index in [1.54, 1.807) is 15.1 Å². The fourth-order valence-corrected chi connectivity index (χ4v) is 6.23. The van der Waals surface area contributed by atoms with Crippen LogP contribution in [0.2, 0.25) is 0 Å². The van der Waals surface area contributed by atoms with Crippen LogP contribution >= 0.6 is 0 Å². The minimum Gasteiger partial charge on any atom is -0.443 e. The third kappa shape index (κ3) is 6.04. The molecule has 2 saturated carbocycles. The molecule has 6 atom stereocenters. The summed E-state index contributed by atoms with van der Waals surface area (Å²) in [5, 5.41) is 8.95. The number of epoxide rings is 2. The monoisotopic (exact) mass is 491 g/mol. The lowest BCUT2D eigenvalue weighted by atomic mass is 9.68. The molecule has 0 aromatic heterocycles. The fraction of sp³-hybridized carbons (Fsp3) is 0.840. The van der Waals surface area contributed by atoms with Gasteiger partial charge in [0.05, 0.1) is 25.2 Å². The van der Waals surface area contributed by atoms with Gasteiger partial charge >= 0.3 is 6.09 Å². The largest absolute Gasteiger partial charge is 0.443 e. The maximum absolute atomic E-state index is 12.8. The van der Waals surface area contributed by atoms with Crippen LogP contribution in [-0.2, 0) is 23.7 Å². The van der Waals surface area contributed by atoms with Gasteiger partial charge in [-0.3, -0.25) is 4.79 Å². The first kappa shape index (κ1) is 26.4. The van der Waals surface area contributed by atoms with Crippen molar-refractivity contribution in [1.29, 1.82) is 0 Å². The van der Waals surface area contributed by atoms with Gasteiger partial charge in [-0.25, -0.2) is 4.79 Å². The van der Waals surface area contributed by atoms with E-state index >= 15 is 0 Å². The lowest BCUT2D eigenvalue weighted by Gasteiger charge is -2.42. The predicted molar refractivity (Wildman–Crippen MR) is 134 cm³/mol. The van der Waals surface area contributed by atoms with E-state index in [9.17, 15) is 9.59 Å². The molecule has 0 aromatic rings. The summed E-state index contributed by atoms with van der Waals surface area (Å²) in [6.45, 7) is 7.36. The Balaban J connectivity index is 1.30. The number of carbonyl (C=O) groups is 2. The van der Waals surface area contributed by atoms with Crippen molar-refractivity contribution in [2.45, 2.75) is 107 Å². The Morgan fingerprint density at radius 2 is 1.77 bits per heavy atom. The summed E-state index contributed by atoms with van der Waals surface area (Å²) in [7, 11) is 3.45. The smallest absolute Gasteiger partial charge is 0.407 e. The molecule has 9 nitrogen and oxygen atoms in total. The van der Waals surface area contributed by atoms with Crippen molar-refractivity contribution in [3.05, 3.63) is 11.6 Å². The molecule has 4 fully saturated rings. The van der Waals surface area contributed by atoms with Gasteiger partial charge in [-0.1, -0.05) is 11.6 Å². The summed E-state index contributed by atoms with van der Waals surface area (Å²) >= 11 is 0. The first-order valence-corrected chi connectivity index (χ1v) is 13.1. The van der Waals surface area contributed by atoms with E-state index in [0.717, 1.165) is 38.5 Å². The molecule has 0 aromatic carbocycles. The van der Waals surface area contributed by atoms with Crippen LogP contribution < -0.4 is 15.9 Å². The van der Waals surface area contributed by atoms with E-state index in [-0.39, 0.29) is 53.4 Å². The molecular formula is C25H42BN3O6. The number of carbonyl (C=O) groups excluding carboxylic acids is 2. The lowest BCUT2D eigenvalue weighted by Crippen LogP contribution is -2.56. The number of amides is 2. The van der Waals surface area contributed by atoms with Crippen molar-refractivity contribution in [3.8, 4) is 0 Å². The first-order valence-electron chi connectivity index (χ1n) is 13.1. The number of nitrogens with one attached hydrogen (secondary N) is 3. The number of allylic oxidation sites excluding steroid dienone is 1. The maximum atomic E-state index is 12.8. The molecule has 196 valence electrons. The molecule has 3 N–H and O–H groups in total. The van der Waals surface area contributed by atoms with Crippen molar-refractivity contribution in [2.75, 3.05) is 20.3 Å². The third-order valence-electron chi connectivity index (χ3n) is 8.25. The second-order valence-electron chi connectivity index (χ2n) is 11.1.